The molecule has 292 valence electrons. The summed E-state index contributed by atoms with van der Waals surface area (Å²) in [7, 11) is 0. The van der Waals surface area contributed by atoms with E-state index >= 15 is 0 Å². The third-order valence-electron chi connectivity index (χ3n) is 12.0. The van der Waals surface area contributed by atoms with Crippen LogP contribution in [0.25, 0.3) is 83.1 Å². The Morgan fingerprint density at radius 1 is 0.242 bits per heavy atom. The Bertz CT molecular complexity index is 3240. The van der Waals surface area contributed by atoms with E-state index in [1.807, 2.05) is 0 Å². The van der Waals surface area contributed by atoms with E-state index in [1.165, 1.54) is 71.9 Å². The second-order valence-corrected chi connectivity index (χ2v) is 15.7. The third kappa shape index (κ3) is 6.74. The largest absolute Gasteiger partial charge is 0.311 e. The van der Waals surface area contributed by atoms with E-state index in [9.17, 15) is 0 Å². The lowest BCUT2D eigenvalue weighted by Gasteiger charge is -2.26. The molecule has 0 fully saturated rings. The van der Waals surface area contributed by atoms with Crippen LogP contribution in [0.3, 0.4) is 0 Å². The number of fused-ring (bicyclic) bond motifs is 3. The molecule has 0 aliphatic heterocycles. The normalized spacial score (nSPS) is 11.2. The fraction of sp³-hybridized carbons (Fsp3) is 0. The predicted molar refractivity (Wildman–Crippen MR) is 263 cm³/mol. The van der Waals surface area contributed by atoms with Crippen LogP contribution in [-0.4, -0.2) is 4.57 Å². The molecule has 2 heteroatoms. The Hall–Kier alpha value is -8.20. The van der Waals surface area contributed by atoms with Crippen LogP contribution < -0.4 is 4.90 Å². The Labute approximate surface area is 362 Å². The molecule has 0 saturated carbocycles. The fourth-order valence-corrected chi connectivity index (χ4v) is 9.12. The Morgan fingerprint density at radius 2 is 0.597 bits per heavy atom. The van der Waals surface area contributed by atoms with Gasteiger partial charge in [0, 0.05) is 33.4 Å². The van der Waals surface area contributed by atoms with Gasteiger partial charge in [-0.3, -0.25) is 0 Å². The Kier molecular flexibility index (Phi) is 9.57. The van der Waals surface area contributed by atoms with E-state index in [2.05, 4.69) is 264 Å². The van der Waals surface area contributed by atoms with Crippen molar-refractivity contribution in [3.63, 3.8) is 0 Å². The lowest BCUT2D eigenvalue weighted by molar-refractivity contribution is 1.18. The van der Waals surface area contributed by atoms with Gasteiger partial charge in [0.1, 0.15) is 0 Å². The molecule has 0 unspecified atom stereocenters. The maximum absolute atomic E-state index is 2.44. The van der Waals surface area contributed by atoms with Crippen molar-refractivity contribution in [2.24, 2.45) is 0 Å². The highest BCUT2D eigenvalue weighted by Crippen LogP contribution is 2.43. The summed E-state index contributed by atoms with van der Waals surface area (Å²) in [6, 6.07) is 92.0. The Balaban J connectivity index is 1.03. The highest BCUT2D eigenvalue weighted by Gasteiger charge is 2.20. The summed E-state index contributed by atoms with van der Waals surface area (Å²) in [5, 5.41) is 2.50. The van der Waals surface area contributed by atoms with Crippen LogP contribution in [0.5, 0.6) is 0 Å². The fourth-order valence-electron chi connectivity index (χ4n) is 9.12. The first-order chi connectivity index (χ1) is 30.8. The molecular weight excluding hydrogens is 749 g/mol. The monoisotopic (exact) mass is 790 g/mol. The first kappa shape index (κ1) is 36.8. The highest BCUT2D eigenvalue weighted by molar-refractivity contribution is 6.10. The molecule has 0 N–H and O–H groups in total. The van der Waals surface area contributed by atoms with Gasteiger partial charge < -0.3 is 9.47 Å². The summed E-state index contributed by atoms with van der Waals surface area (Å²) in [6.45, 7) is 0. The van der Waals surface area contributed by atoms with Gasteiger partial charge in [-0.1, -0.05) is 200 Å². The van der Waals surface area contributed by atoms with Crippen molar-refractivity contribution < 1.29 is 0 Å². The summed E-state index contributed by atoms with van der Waals surface area (Å²) in [4.78, 5) is 2.36. The molecule has 10 aromatic carbocycles. The van der Waals surface area contributed by atoms with Crippen LogP contribution >= 0.6 is 0 Å². The minimum Gasteiger partial charge on any atom is -0.311 e. The van der Waals surface area contributed by atoms with E-state index in [1.54, 1.807) is 0 Å². The zero-order valence-electron chi connectivity index (χ0n) is 34.1. The molecule has 0 saturated heterocycles. The standard InChI is InChI=1S/C60H42N2/c1-4-17-43(18-5-1)44-31-37-49(38-32-44)61(50-39-33-46(34-40-50)53-24-11-10-23-52(53)45-19-6-2-7-20-45)51-41-35-47(36-42-51)54-27-16-30-59(60(54)48-21-8-3-9-22-48)62-57-28-14-12-25-55(57)56-26-13-15-29-58(56)62/h1-42H. The van der Waals surface area contributed by atoms with Crippen LogP contribution in [0.1, 0.15) is 0 Å². The first-order valence-electron chi connectivity index (χ1n) is 21.3. The number of nitrogens with zero attached hydrogens (tertiary/aromatic N) is 2. The smallest absolute Gasteiger partial charge is 0.0546 e. The summed E-state index contributed by atoms with van der Waals surface area (Å²) in [5.74, 6) is 0. The molecular formula is C60H42N2. The number of hydrogen-bond donors (Lipinski definition) is 0. The van der Waals surface area contributed by atoms with Crippen LogP contribution in [0.2, 0.25) is 0 Å². The molecule has 11 rings (SSSR count). The van der Waals surface area contributed by atoms with Crippen LogP contribution in [-0.2, 0) is 0 Å². The van der Waals surface area contributed by atoms with E-state index in [-0.39, 0.29) is 0 Å². The summed E-state index contributed by atoms with van der Waals surface area (Å²) in [5.41, 5.74) is 18.7. The molecule has 1 aromatic heterocycles. The first-order valence-corrected chi connectivity index (χ1v) is 21.3. The van der Waals surface area contributed by atoms with Gasteiger partial charge in [-0.2, -0.15) is 0 Å². The van der Waals surface area contributed by atoms with Crippen molar-refractivity contribution in [3.05, 3.63) is 255 Å². The topological polar surface area (TPSA) is 8.17 Å². The summed E-state index contributed by atoms with van der Waals surface area (Å²) < 4.78 is 2.44. The van der Waals surface area contributed by atoms with Gasteiger partial charge >= 0.3 is 0 Å². The maximum Gasteiger partial charge on any atom is 0.0546 e. The van der Waals surface area contributed by atoms with Gasteiger partial charge in [0.25, 0.3) is 0 Å². The van der Waals surface area contributed by atoms with E-state index in [0.29, 0.717) is 0 Å². The second-order valence-electron chi connectivity index (χ2n) is 15.7. The Morgan fingerprint density at radius 3 is 1.11 bits per heavy atom. The minimum atomic E-state index is 1.08. The van der Waals surface area contributed by atoms with Gasteiger partial charge in [0.15, 0.2) is 0 Å². The third-order valence-corrected chi connectivity index (χ3v) is 12.0. The van der Waals surface area contributed by atoms with Gasteiger partial charge in [-0.05, 0) is 105 Å². The van der Waals surface area contributed by atoms with Crippen molar-refractivity contribution in [2.75, 3.05) is 4.90 Å². The maximum atomic E-state index is 2.44. The number of anilines is 3. The van der Waals surface area contributed by atoms with Crippen molar-refractivity contribution in [3.8, 4) is 61.3 Å². The predicted octanol–water partition coefficient (Wildman–Crippen LogP) is 16.6. The molecule has 0 atom stereocenters. The van der Waals surface area contributed by atoms with Crippen LogP contribution in [0.15, 0.2) is 255 Å². The zero-order valence-corrected chi connectivity index (χ0v) is 34.1. The number of rotatable bonds is 9. The summed E-state index contributed by atoms with van der Waals surface area (Å²) in [6.07, 6.45) is 0. The lowest BCUT2D eigenvalue weighted by atomic mass is 9.92. The van der Waals surface area contributed by atoms with Gasteiger partial charge in [-0.15, -0.1) is 0 Å². The average Bonchev–Trinajstić information content (AvgIpc) is 3.69. The number of benzene rings is 10. The molecule has 1 heterocycles. The second kappa shape index (κ2) is 16.1. The molecule has 0 spiro atoms. The number of hydrogen-bond acceptors (Lipinski definition) is 1. The van der Waals surface area contributed by atoms with Crippen molar-refractivity contribution >= 4 is 38.9 Å². The number of para-hydroxylation sites is 2. The lowest BCUT2D eigenvalue weighted by Crippen LogP contribution is -2.09. The zero-order chi connectivity index (χ0) is 41.2. The molecule has 0 radical (unpaired) electrons. The summed E-state index contributed by atoms with van der Waals surface area (Å²) >= 11 is 0. The molecule has 0 aliphatic carbocycles. The van der Waals surface area contributed by atoms with Crippen molar-refractivity contribution in [1.29, 1.82) is 0 Å². The van der Waals surface area contributed by atoms with Gasteiger partial charge in [-0.25, -0.2) is 0 Å². The van der Waals surface area contributed by atoms with E-state index in [4.69, 9.17) is 0 Å². The molecule has 0 aliphatic rings. The van der Waals surface area contributed by atoms with Crippen molar-refractivity contribution in [2.45, 2.75) is 0 Å². The SMILES string of the molecule is c1ccc(-c2ccc(N(c3ccc(-c4ccccc4-c4ccccc4)cc3)c3ccc(-c4cccc(-n5c6ccccc6c6ccccc65)c4-c4ccccc4)cc3)cc2)cc1. The molecule has 11 aromatic rings. The average molecular weight is 791 g/mol. The molecule has 2 nitrogen and oxygen atoms in total. The van der Waals surface area contributed by atoms with Gasteiger partial charge in [0.2, 0.25) is 0 Å². The van der Waals surface area contributed by atoms with Crippen molar-refractivity contribution in [1.82, 2.24) is 4.57 Å². The molecule has 0 bridgehead atoms. The van der Waals surface area contributed by atoms with E-state index < -0.39 is 0 Å². The molecule has 62 heavy (non-hydrogen) atoms. The quantitative estimate of drug-likeness (QED) is 0.141. The molecule has 0 amide bonds. The van der Waals surface area contributed by atoms with Gasteiger partial charge in [0.05, 0.1) is 16.7 Å². The minimum absolute atomic E-state index is 1.08. The highest BCUT2D eigenvalue weighted by atomic mass is 15.1. The number of aromatic nitrogens is 1. The van der Waals surface area contributed by atoms with E-state index in [0.717, 1.165) is 28.3 Å². The van der Waals surface area contributed by atoms with Crippen LogP contribution in [0, 0.1) is 0 Å². The van der Waals surface area contributed by atoms with Crippen LogP contribution in [0.4, 0.5) is 17.1 Å².